The lowest BCUT2D eigenvalue weighted by Crippen LogP contribution is -2.43. The Balaban J connectivity index is 2.20. The van der Waals surface area contributed by atoms with Gasteiger partial charge in [-0.1, -0.05) is 6.07 Å². The van der Waals surface area contributed by atoms with Gasteiger partial charge in [0.15, 0.2) is 11.5 Å². The highest BCUT2D eigenvalue weighted by Crippen LogP contribution is 2.34. The van der Waals surface area contributed by atoms with Gasteiger partial charge in [-0.3, -0.25) is 0 Å². The van der Waals surface area contributed by atoms with Gasteiger partial charge in [-0.15, -0.1) is 0 Å². The van der Waals surface area contributed by atoms with Crippen LogP contribution in [0.3, 0.4) is 0 Å². The zero-order chi connectivity index (χ0) is 12.3. The average molecular weight is 233 g/mol. The molecule has 0 radical (unpaired) electrons. The van der Waals surface area contributed by atoms with Gasteiger partial charge in [0.1, 0.15) is 5.41 Å². The number of methoxy groups -OCH3 is 2. The second-order valence-electron chi connectivity index (χ2n) is 4.25. The summed E-state index contributed by atoms with van der Waals surface area (Å²) in [4.78, 5) is 0. The summed E-state index contributed by atoms with van der Waals surface area (Å²) in [7, 11) is 3.21. The molecule has 0 aromatic heterocycles. The van der Waals surface area contributed by atoms with Crippen LogP contribution in [0.4, 0.5) is 0 Å². The highest BCUT2D eigenvalue weighted by atomic mass is 16.5. The molecule has 1 aromatic carbocycles. The number of hydrogen-bond donors (Lipinski definition) is 0. The molecule has 90 valence electrons. The van der Waals surface area contributed by atoms with Crippen molar-refractivity contribution in [3.8, 4) is 17.6 Å². The second kappa shape index (κ2) is 4.64. The normalized spacial score (nSPS) is 16.8. The van der Waals surface area contributed by atoms with Crippen LogP contribution in [0.15, 0.2) is 18.2 Å². The van der Waals surface area contributed by atoms with E-state index in [4.69, 9.17) is 19.5 Å². The molecule has 0 spiro atoms. The summed E-state index contributed by atoms with van der Waals surface area (Å²) in [5.41, 5.74) is 0.701. The first kappa shape index (κ1) is 11.7. The van der Waals surface area contributed by atoms with Crippen LogP contribution < -0.4 is 9.47 Å². The Hall–Kier alpha value is -1.73. The number of nitriles is 1. The molecule has 4 nitrogen and oxygen atoms in total. The fourth-order valence-corrected chi connectivity index (χ4v) is 1.94. The van der Waals surface area contributed by atoms with Gasteiger partial charge in [0, 0.05) is 0 Å². The van der Waals surface area contributed by atoms with E-state index in [-0.39, 0.29) is 5.41 Å². The van der Waals surface area contributed by atoms with Gasteiger partial charge in [-0.25, -0.2) is 0 Å². The van der Waals surface area contributed by atoms with Crippen molar-refractivity contribution in [2.75, 3.05) is 27.4 Å². The molecule has 0 saturated carbocycles. The predicted molar refractivity (Wildman–Crippen MR) is 62.1 cm³/mol. The zero-order valence-electron chi connectivity index (χ0n) is 10.0. The molecule has 17 heavy (non-hydrogen) atoms. The molecular formula is C13H15NO3. The van der Waals surface area contributed by atoms with Gasteiger partial charge < -0.3 is 14.2 Å². The van der Waals surface area contributed by atoms with Crippen molar-refractivity contribution in [2.45, 2.75) is 6.42 Å². The Labute approximate surface area is 101 Å². The molecule has 0 unspecified atom stereocenters. The minimum absolute atomic E-state index is 0.362. The van der Waals surface area contributed by atoms with E-state index in [0.29, 0.717) is 31.1 Å². The Kier molecular flexibility index (Phi) is 3.21. The summed E-state index contributed by atoms with van der Waals surface area (Å²) in [5, 5.41) is 9.14. The van der Waals surface area contributed by atoms with Crippen molar-refractivity contribution in [3.05, 3.63) is 23.8 Å². The number of rotatable bonds is 4. The molecule has 0 amide bonds. The fraction of sp³-hybridized carbons (Fsp3) is 0.462. The molecule has 1 aromatic rings. The number of ether oxygens (including phenoxy) is 3. The minimum atomic E-state index is -0.362. The lowest BCUT2D eigenvalue weighted by Gasteiger charge is -2.35. The summed E-state index contributed by atoms with van der Waals surface area (Å²) in [6, 6.07) is 8.06. The van der Waals surface area contributed by atoms with Crippen LogP contribution in [-0.2, 0) is 11.2 Å². The fourth-order valence-electron chi connectivity index (χ4n) is 1.94. The van der Waals surface area contributed by atoms with Crippen molar-refractivity contribution in [1.29, 1.82) is 5.26 Å². The minimum Gasteiger partial charge on any atom is -0.493 e. The largest absolute Gasteiger partial charge is 0.493 e. The van der Waals surface area contributed by atoms with Gasteiger partial charge in [-0.05, 0) is 24.1 Å². The van der Waals surface area contributed by atoms with Crippen LogP contribution >= 0.6 is 0 Å². The molecule has 1 saturated heterocycles. The molecule has 1 fully saturated rings. The third kappa shape index (κ3) is 2.20. The monoisotopic (exact) mass is 233 g/mol. The van der Waals surface area contributed by atoms with Gasteiger partial charge in [0.2, 0.25) is 0 Å². The van der Waals surface area contributed by atoms with Crippen LogP contribution in [0.1, 0.15) is 5.56 Å². The average Bonchev–Trinajstić information content (AvgIpc) is 2.33. The third-order valence-corrected chi connectivity index (χ3v) is 2.98. The summed E-state index contributed by atoms with van der Waals surface area (Å²) < 4.78 is 15.5. The van der Waals surface area contributed by atoms with E-state index in [1.54, 1.807) is 14.2 Å². The molecule has 2 rings (SSSR count). The number of nitrogens with zero attached hydrogens (tertiary/aromatic N) is 1. The van der Waals surface area contributed by atoms with Gasteiger partial charge in [0.25, 0.3) is 0 Å². The lowest BCUT2D eigenvalue weighted by atomic mass is 9.81. The van der Waals surface area contributed by atoms with E-state index in [9.17, 15) is 0 Å². The maximum Gasteiger partial charge on any atom is 0.160 e. The zero-order valence-corrected chi connectivity index (χ0v) is 10.0. The van der Waals surface area contributed by atoms with E-state index in [0.717, 1.165) is 5.56 Å². The van der Waals surface area contributed by atoms with Crippen molar-refractivity contribution in [3.63, 3.8) is 0 Å². The lowest BCUT2D eigenvalue weighted by molar-refractivity contribution is -0.0765. The van der Waals surface area contributed by atoms with Gasteiger partial charge in [-0.2, -0.15) is 5.26 Å². The quantitative estimate of drug-likeness (QED) is 0.795. The van der Waals surface area contributed by atoms with Crippen molar-refractivity contribution in [1.82, 2.24) is 0 Å². The Morgan fingerprint density at radius 2 is 2.00 bits per heavy atom. The smallest absolute Gasteiger partial charge is 0.160 e. The molecule has 0 N–H and O–H groups in total. The molecule has 4 heteroatoms. The summed E-state index contributed by atoms with van der Waals surface area (Å²) in [5.74, 6) is 1.39. The van der Waals surface area contributed by atoms with E-state index >= 15 is 0 Å². The van der Waals surface area contributed by atoms with Crippen LogP contribution in [0.25, 0.3) is 0 Å². The van der Waals surface area contributed by atoms with Crippen molar-refractivity contribution in [2.24, 2.45) is 5.41 Å². The Bertz CT molecular complexity index is 446. The first-order valence-electron chi connectivity index (χ1n) is 5.43. The highest BCUT2D eigenvalue weighted by molar-refractivity contribution is 5.43. The van der Waals surface area contributed by atoms with E-state index < -0.39 is 0 Å². The SMILES string of the molecule is COc1ccc(CC2(C#N)COC2)cc1OC. The second-order valence-corrected chi connectivity index (χ2v) is 4.25. The number of hydrogen-bond acceptors (Lipinski definition) is 4. The number of benzene rings is 1. The topological polar surface area (TPSA) is 51.5 Å². The maximum absolute atomic E-state index is 9.14. The molecule has 1 aliphatic rings. The predicted octanol–water partition coefficient (Wildman–Crippen LogP) is 1.79. The summed E-state index contributed by atoms with van der Waals surface area (Å²) in [6.07, 6.45) is 0.684. The van der Waals surface area contributed by atoms with Crippen LogP contribution in [0.5, 0.6) is 11.5 Å². The molecule has 0 atom stereocenters. The third-order valence-electron chi connectivity index (χ3n) is 2.98. The van der Waals surface area contributed by atoms with Gasteiger partial charge >= 0.3 is 0 Å². The van der Waals surface area contributed by atoms with Crippen LogP contribution in [0.2, 0.25) is 0 Å². The van der Waals surface area contributed by atoms with E-state index in [1.165, 1.54) is 0 Å². The maximum atomic E-state index is 9.14. The summed E-state index contributed by atoms with van der Waals surface area (Å²) >= 11 is 0. The molecule has 0 aliphatic carbocycles. The molecule has 1 heterocycles. The molecular weight excluding hydrogens is 218 g/mol. The first-order chi connectivity index (χ1) is 8.23. The first-order valence-corrected chi connectivity index (χ1v) is 5.43. The van der Waals surface area contributed by atoms with E-state index in [2.05, 4.69) is 6.07 Å². The molecule has 1 aliphatic heterocycles. The van der Waals surface area contributed by atoms with Crippen LogP contribution in [0, 0.1) is 16.7 Å². The summed E-state index contributed by atoms with van der Waals surface area (Å²) in [6.45, 7) is 1.02. The Morgan fingerprint density at radius 1 is 1.29 bits per heavy atom. The van der Waals surface area contributed by atoms with E-state index in [1.807, 2.05) is 18.2 Å². The Morgan fingerprint density at radius 3 is 2.47 bits per heavy atom. The van der Waals surface area contributed by atoms with Crippen LogP contribution in [-0.4, -0.2) is 27.4 Å². The molecule has 0 bridgehead atoms. The highest BCUT2D eigenvalue weighted by Gasteiger charge is 2.39. The standard InChI is InChI=1S/C13H15NO3/c1-15-11-4-3-10(5-12(11)16-2)6-13(7-14)8-17-9-13/h3-5H,6,8-9H2,1-2H3. The van der Waals surface area contributed by atoms with Crippen molar-refractivity contribution >= 4 is 0 Å². The van der Waals surface area contributed by atoms with Crippen molar-refractivity contribution < 1.29 is 14.2 Å². The van der Waals surface area contributed by atoms with Gasteiger partial charge in [0.05, 0.1) is 33.5 Å².